The van der Waals surface area contributed by atoms with Gasteiger partial charge in [-0.15, -0.1) is 0 Å². The van der Waals surface area contributed by atoms with Crippen molar-refractivity contribution in [2.75, 3.05) is 7.11 Å². The van der Waals surface area contributed by atoms with Gasteiger partial charge in [0.15, 0.2) is 5.78 Å². The highest BCUT2D eigenvalue weighted by atomic mass is 28.4. The van der Waals surface area contributed by atoms with Crippen LogP contribution in [0, 0.1) is 0 Å². The second kappa shape index (κ2) is 7.82. The van der Waals surface area contributed by atoms with Crippen LogP contribution in [0.25, 0.3) is 0 Å². The number of ether oxygens (including phenoxy) is 1. The summed E-state index contributed by atoms with van der Waals surface area (Å²) in [6.07, 6.45) is 5.31. The van der Waals surface area contributed by atoms with Crippen molar-refractivity contribution in [2.24, 2.45) is 0 Å². The molecular formula is C19H28O3Si. The quantitative estimate of drug-likeness (QED) is 0.668. The molecule has 1 aromatic carbocycles. The van der Waals surface area contributed by atoms with Crippen molar-refractivity contribution in [3.05, 3.63) is 41.2 Å². The first-order valence-electron chi connectivity index (χ1n) is 8.46. The van der Waals surface area contributed by atoms with Gasteiger partial charge in [-0.05, 0) is 63.0 Å². The molecule has 2 rings (SSSR count). The van der Waals surface area contributed by atoms with Crippen LogP contribution < -0.4 is 4.74 Å². The van der Waals surface area contributed by atoms with Gasteiger partial charge in [0.25, 0.3) is 0 Å². The molecule has 1 aliphatic carbocycles. The summed E-state index contributed by atoms with van der Waals surface area (Å²) in [5.74, 6) is 2.15. The summed E-state index contributed by atoms with van der Waals surface area (Å²) in [7, 11) is 0.0231. The highest BCUT2D eigenvalue weighted by Crippen LogP contribution is 2.29. The molecule has 0 heterocycles. The normalized spacial score (nSPS) is 15.7. The maximum absolute atomic E-state index is 12.3. The largest absolute Gasteiger partial charge is 0.547 e. The molecule has 0 atom stereocenters. The van der Waals surface area contributed by atoms with Crippen molar-refractivity contribution in [3.8, 4) is 5.75 Å². The van der Waals surface area contributed by atoms with Crippen LogP contribution in [0.3, 0.4) is 0 Å². The van der Waals surface area contributed by atoms with Gasteiger partial charge in [-0.25, -0.2) is 0 Å². The van der Waals surface area contributed by atoms with Gasteiger partial charge in [-0.3, -0.25) is 4.79 Å². The molecule has 1 aromatic rings. The Hall–Kier alpha value is -1.55. The van der Waals surface area contributed by atoms with E-state index in [0.29, 0.717) is 12.2 Å². The van der Waals surface area contributed by atoms with Crippen LogP contribution in [0.2, 0.25) is 19.6 Å². The van der Waals surface area contributed by atoms with E-state index in [-0.39, 0.29) is 0 Å². The third kappa shape index (κ3) is 5.54. The first kappa shape index (κ1) is 17.8. The van der Waals surface area contributed by atoms with E-state index in [4.69, 9.17) is 9.16 Å². The molecule has 0 aliphatic heterocycles. The van der Waals surface area contributed by atoms with E-state index in [1.165, 1.54) is 5.56 Å². The van der Waals surface area contributed by atoms with E-state index >= 15 is 0 Å². The summed E-state index contributed by atoms with van der Waals surface area (Å²) in [4.78, 5) is 12.3. The number of carbonyl (C=O) groups excluding carboxylic acids is 1. The van der Waals surface area contributed by atoms with Crippen LogP contribution in [0.5, 0.6) is 5.75 Å². The molecule has 0 saturated carbocycles. The fourth-order valence-corrected chi connectivity index (χ4v) is 3.85. The lowest BCUT2D eigenvalue weighted by molar-refractivity contribution is -0.116. The van der Waals surface area contributed by atoms with Gasteiger partial charge in [0.05, 0.1) is 12.9 Å². The van der Waals surface area contributed by atoms with Crippen LogP contribution in [-0.4, -0.2) is 21.2 Å². The number of methoxy groups -OCH3 is 1. The third-order valence-corrected chi connectivity index (χ3v) is 4.82. The lowest BCUT2D eigenvalue weighted by Gasteiger charge is -2.27. The lowest BCUT2D eigenvalue weighted by atomic mass is 9.92. The Balaban J connectivity index is 1.98. The number of benzene rings is 1. The molecule has 0 spiro atoms. The van der Waals surface area contributed by atoms with Crippen LogP contribution in [0.15, 0.2) is 35.6 Å². The molecule has 126 valence electrons. The molecule has 0 unspecified atom stereocenters. The Morgan fingerprint density at radius 3 is 2.35 bits per heavy atom. The number of aryl methyl sites for hydroxylation is 1. The minimum Gasteiger partial charge on any atom is -0.547 e. The Bertz CT molecular complexity index is 567. The summed E-state index contributed by atoms with van der Waals surface area (Å²) in [6, 6.07) is 8.16. The van der Waals surface area contributed by atoms with Crippen LogP contribution in [0.1, 0.15) is 37.7 Å². The number of ketones is 1. The molecule has 0 N–H and O–H groups in total. The minimum atomic E-state index is -1.65. The van der Waals surface area contributed by atoms with Crippen LogP contribution in [0.4, 0.5) is 0 Å². The van der Waals surface area contributed by atoms with E-state index in [2.05, 4.69) is 31.8 Å². The molecular weight excluding hydrogens is 304 g/mol. The van der Waals surface area contributed by atoms with Crippen molar-refractivity contribution in [3.63, 3.8) is 0 Å². The summed E-state index contributed by atoms with van der Waals surface area (Å²) in [6.45, 7) is 6.52. The topological polar surface area (TPSA) is 35.5 Å². The standard InChI is InChI=1S/C19H28O3Si/c1-21-16-13-11-15(12-14-16)7-5-8-17-18(20)9-6-10-19(17)22-23(2,3)4/h11-14H,5-10H2,1-4H3. The number of carbonyl (C=O) groups is 1. The number of allylic oxidation sites excluding steroid dienone is 2. The Morgan fingerprint density at radius 1 is 1.04 bits per heavy atom. The van der Waals surface area contributed by atoms with E-state index < -0.39 is 8.32 Å². The molecule has 0 aromatic heterocycles. The average molecular weight is 333 g/mol. The molecule has 0 amide bonds. The molecule has 0 fully saturated rings. The monoisotopic (exact) mass is 332 g/mol. The molecule has 0 bridgehead atoms. The van der Waals surface area contributed by atoms with Gasteiger partial charge >= 0.3 is 0 Å². The van der Waals surface area contributed by atoms with Crippen molar-refractivity contribution in [2.45, 2.75) is 58.2 Å². The molecule has 0 saturated heterocycles. The van der Waals surface area contributed by atoms with Gasteiger partial charge in [-0.1, -0.05) is 12.1 Å². The van der Waals surface area contributed by atoms with Crippen molar-refractivity contribution < 1.29 is 14.0 Å². The zero-order valence-electron chi connectivity index (χ0n) is 14.8. The molecule has 23 heavy (non-hydrogen) atoms. The maximum atomic E-state index is 12.3. The van der Waals surface area contributed by atoms with Gasteiger partial charge in [-0.2, -0.15) is 0 Å². The van der Waals surface area contributed by atoms with Crippen molar-refractivity contribution in [1.29, 1.82) is 0 Å². The van der Waals surface area contributed by atoms with Crippen molar-refractivity contribution in [1.82, 2.24) is 0 Å². The number of Topliss-reactive ketones (excluding diaryl/α,β-unsaturated/α-hetero) is 1. The highest BCUT2D eigenvalue weighted by Gasteiger charge is 2.25. The third-order valence-electron chi connectivity index (χ3n) is 3.96. The van der Waals surface area contributed by atoms with Gasteiger partial charge < -0.3 is 9.16 Å². The second-order valence-corrected chi connectivity index (χ2v) is 11.5. The van der Waals surface area contributed by atoms with E-state index in [1.54, 1.807) is 7.11 Å². The van der Waals surface area contributed by atoms with E-state index in [1.807, 2.05) is 12.1 Å². The van der Waals surface area contributed by atoms with Gasteiger partial charge in [0, 0.05) is 18.4 Å². The fraction of sp³-hybridized carbons (Fsp3) is 0.526. The second-order valence-electron chi connectivity index (χ2n) is 7.09. The SMILES string of the molecule is COc1ccc(CCCC2=C(O[Si](C)(C)C)CCCC2=O)cc1. The highest BCUT2D eigenvalue weighted by molar-refractivity contribution is 6.70. The van der Waals surface area contributed by atoms with Crippen molar-refractivity contribution >= 4 is 14.1 Å². The minimum absolute atomic E-state index is 0.291. The summed E-state index contributed by atoms with van der Waals surface area (Å²) in [5, 5.41) is 0. The Morgan fingerprint density at radius 2 is 1.74 bits per heavy atom. The zero-order chi connectivity index (χ0) is 16.9. The smallest absolute Gasteiger partial charge is 0.241 e. The average Bonchev–Trinajstić information content (AvgIpc) is 2.49. The number of hydrogen-bond acceptors (Lipinski definition) is 3. The summed E-state index contributed by atoms with van der Waals surface area (Å²) in [5.41, 5.74) is 2.23. The first-order chi connectivity index (χ1) is 10.9. The van der Waals surface area contributed by atoms with Gasteiger partial charge in [0.2, 0.25) is 8.32 Å². The first-order valence-corrected chi connectivity index (χ1v) is 11.9. The molecule has 0 radical (unpaired) electrons. The number of rotatable bonds is 7. The molecule has 3 nitrogen and oxygen atoms in total. The van der Waals surface area contributed by atoms with E-state index in [0.717, 1.165) is 49.2 Å². The summed E-state index contributed by atoms with van der Waals surface area (Å²) < 4.78 is 11.4. The predicted octanol–water partition coefficient (Wildman–Crippen LogP) is 4.88. The molecule has 4 heteroatoms. The Labute approximate surface area is 140 Å². The van der Waals surface area contributed by atoms with Crippen LogP contribution in [-0.2, 0) is 15.6 Å². The fourth-order valence-electron chi connectivity index (χ4n) is 2.89. The lowest BCUT2D eigenvalue weighted by Crippen LogP contribution is -2.27. The predicted molar refractivity (Wildman–Crippen MR) is 96.2 cm³/mol. The zero-order valence-corrected chi connectivity index (χ0v) is 15.8. The van der Waals surface area contributed by atoms with E-state index in [9.17, 15) is 4.79 Å². The maximum Gasteiger partial charge on any atom is 0.241 e. The number of hydrogen-bond donors (Lipinski definition) is 0. The molecule has 1 aliphatic rings. The Kier molecular flexibility index (Phi) is 6.05. The van der Waals surface area contributed by atoms with Gasteiger partial charge in [0.1, 0.15) is 5.75 Å². The van der Waals surface area contributed by atoms with Crippen LogP contribution >= 0.6 is 0 Å². The summed E-state index contributed by atoms with van der Waals surface area (Å²) >= 11 is 0.